The molecule has 1 fully saturated rings. The molecule has 112 valence electrons. The van der Waals surface area contributed by atoms with Gasteiger partial charge in [0.2, 0.25) is 5.91 Å². The molecule has 1 aliphatic heterocycles. The molecule has 1 saturated heterocycles. The minimum absolute atomic E-state index is 0.0532. The van der Waals surface area contributed by atoms with Crippen molar-refractivity contribution in [1.82, 2.24) is 15.3 Å². The fourth-order valence-electron chi connectivity index (χ4n) is 2.74. The molecule has 1 aromatic heterocycles. The lowest BCUT2D eigenvalue weighted by atomic mass is 10.2. The van der Waals surface area contributed by atoms with Crippen LogP contribution in [0.2, 0.25) is 0 Å². The third-order valence-corrected chi connectivity index (χ3v) is 3.94. The number of aryl methyl sites for hydroxylation is 1. The molecule has 1 aromatic carbocycles. The molecule has 5 heteroatoms. The first-order valence-electron chi connectivity index (χ1n) is 7.79. The van der Waals surface area contributed by atoms with E-state index in [4.69, 9.17) is 0 Å². The Morgan fingerprint density at radius 3 is 3.14 bits per heavy atom. The number of imidazole rings is 1. The minimum atomic E-state index is -0.0532. The molecule has 0 aliphatic carbocycles. The smallest absolute Gasteiger partial charge is 0.241 e. The van der Waals surface area contributed by atoms with Crippen LogP contribution in [0.25, 0.3) is 11.0 Å². The van der Waals surface area contributed by atoms with Gasteiger partial charge in [-0.1, -0.05) is 13.3 Å². The van der Waals surface area contributed by atoms with E-state index in [1.807, 2.05) is 18.2 Å². The summed E-state index contributed by atoms with van der Waals surface area (Å²) in [6, 6.07) is 5.78. The Labute approximate surface area is 124 Å². The number of carbonyl (C=O) groups excluding carboxylic acids is 1. The van der Waals surface area contributed by atoms with Gasteiger partial charge in [-0.05, 0) is 44.0 Å². The summed E-state index contributed by atoms with van der Waals surface area (Å²) in [6.45, 7) is 3.10. The number of nitrogens with one attached hydrogen (secondary N) is 3. The van der Waals surface area contributed by atoms with Gasteiger partial charge in [-0.25, -0.2) is 4.98 Å². The maximum absolute atomic E-state index is 12.1. The lowest BCUT2D eigenvalue weighted by molar-refractivity contribution is -0.117. The highest BCUT2D eigenvalue weighted by atomic mass is 16.2. The first-order valence-corrected chi connectivity index (χ1v) is 7.79. The van der Waals surface area contributed by atoms with Crippen molar-refractivity contribution < 1.29 is 4.79 Å². The van der Waals surface area contributed by atoms with Crippen molar-refractivity contribution in [1.29, 1.82) is 0 Å². The van der Waals surface area contributed by atoms with Crippen LogP contribution in [0.1, 0.15) is 38.4 Å². The van der Waals surface area contributed by atoms with E-state index in [0.29, 0.717) is 0 Å². The summed E-state index contributed by atoms with van der Waals surface area (Å²) in [6.07, 6.45) is 5.25. The second-order valence-corrected chi connectivity index (χ2v) is 5.66. The molecule has 1 atom stereocenters. The number of anilines is 1. The van der Waals surface area contributed by atoms with E-state index in [1.54, 1.807) is 0 Å². The number of fused-ring (bicyclic) bond motifs is 1. The van der Waals surface area contributed by atoms with Gasteiger partial charge in [0.25, 0.3) is 0 Å². The predicted molar refractivity (Wildman–Crippen MR) is 84.4 cm³/mol. The Kier molecular flexibility index (Phi) is 4.20. The fraction of sp³-hybridized carbons (Fsp3) is 0.500. The zero-order valence-corrected chi connectivity index (χ0v) is 12.4. The number of amides is 1. The van der Waals surface area contributed by atoms with Crippen molar-refractivity contribution in [3.8, 4) is 0 Å². The molecular formula is C16H22N4O. The van der Waals surface area contributed by atoms with Gasteiger partial charge < -0.3 is 15.6 Å². The Balaban J connectivity index is 1.72. The van der Waals surface area contributed by atoms with Crippen molar-refractivity contribution in [2.24, 2.45) is 0 Å². The average Bonchev–Trinajstić information content (AvgIpc) is 3.13. The molecule has 0 radical (unpaired) electrons. The number of aromatic amines is 1. The zero-order chi connectivity index (χ0) is 14.7. The van der Waals surface area contributed by atoms with Crippen LogP contribution in [0, 0.1) is 0 Å². The second kappa shape index (κ2) is 6.26. The van der Waals surface area contributed by atoms with Gasteiger partial charge in [-0.3, -0.25) is 4.79 Å². The molecule has 21 heavy (non-hydrogen) atoms. The number of H-pyrrole nitrogens is 1. The third-order valence-electron chi connectivity index (χ3n) is 3.94. The molecule has 0 saturated carbocycles. The number of nitrogens with zero attached hydrogens (tertiary/aromatic N) is 1. The Bertz CT molecular complexity index is 628. The van der Waals surface area contributed by atoms with Crippen LogP contribution >= 0.6 is 0 Å². The number of benzene rings is 1. The summed E-state index contributed by atoms with van der Waals surface area (Å²) in [5.74, 6) is 1.07. The zero-order valence-electron chi connectivity index (χ0n) is 12.4. The topological polar surface area (TPSA) is 69.8 Å². The van der Waals surface area contributed by atoms with Gasteiger partial charge in [-0.15, -0.1) is 0 Å². The summed E-state index contributed by atoms with van der Waals surface area (Å²) in [4.78, 5) is 20.0. The van der Waals surface area contributed by atoms with Crippen LogP contribution in [-0.2, 0) is 11.2 Å². The van der Waals surface area contributed by atoms with Crippen LogP contribution in [-0.4, -0.2) is 28.5 Å². The molecular weight excluding hydrogens is 264 g/mol. The molecule has 2 aromatic rings. The van der Waals surface area contributed by atoms with E-state index in [0.717, 1.165) is 61.2 Å². The molecule has 1 aliphatic rings. The monoisotopic (exact) mass is 286 g/mol. The normalized spacial score (nSPS) is 18.2. The van der Waals surface area contributed by atoms with Crippen molar-refractivity contribution in [3.63, 3.8) is 0 Å². The maximum atomic E-state index is 12.1. The first kappa shape index (κ1) is 14.1. The van der Waals surface area contributed by atoms with Crippen molar-refractivity contribution in [3.05, 3.63) is 24.0 Å². The van der Waals surface area contributed by atoms with Crippen LogP contribution < -0.4 is 10.6 Å². The van der Waals surface area contributed by atoms with Gasteiger partial charge in [0.15, 0.2) is 0 Å². The molecule has 1 amide bonds. The van der Waals surface area contributed by atoms with Crippen molar-refractivity contribution >= 4 is 22.6 Å². The quantitative estimate of drug-likeness (QED) is 0.791. The first-order chi connectivity index (χ1) is 10.3. The van der Waals surface area contributed by atoms with Crippen LogP contribution in [0.15, 0.2) is 18.2 Å². The summed E-state index contributed by atoms with van der Waals surface area (Å²) in [5.41, 5.74) is 2.77. The van der Waals surface area contributed by atoms with Crippen molar-refractivity contribution in [2.75, 3.05) is 11.9 Å². The van der Waals surface area contributed by atoms with E-state index in [9.17, 15) is 4.79 Å². The van der Waals surface area contributed by atoms with Gasteiger partial charge in [0.05, 0.1) is 17.1 Å². The van der Waals surface area contributed by atoms with E-state index < -0.39 is 0 Å². The van der Waals surface area contributed by atoms with Crippen LogP contribution in [0.5, 0.6) is 0 Å². The summed E-state index contributed by atoms with van der Waals surface area (Å²) in [5, 5.41) is 6.19. The van der Waals surface area contributed by atoms with Gasteiger partial charge in [-0.2, -0.15) is 0 Å². The summed E-state index contributed by atoms with van der Waals surface area (Å²) in [7, 11) is 0. The van der Waals surface area contributed by atoms with E-state index in [2.05, 4.69) is 27.5 Å². The number of hydrogen-bond donors (Lipinski definition) is 3. The Morgan fingerprint density at radius 1 is 1.48 bits per heavy atom. The maximum Gasteiger partial charge on any atom is 0.241 e. The Morgan fingerprint density at radius 2 is 2.38 bits per heavy atom. The number of unbranched alkanes of at least 4 members (excludes halogenated alkanes) is 1. The third kappa shape index (κ3) is 3.24. The number of carbonyl (C=O) groups is 1. The highest BCUT2D eigenvalue weighted by molar-refractivity contribution is 5.96. The molecule has 3 N–H and O–H groups in total. The van der Waals surface area contributed by atoms with Gasteiger partial charge in [0.1, 0.15) is 5.82 Å². The second-order valence-electron chi connectivity index (χ2n) is 5.66. The average molecular weight is 286 g/mol. The summed E-state index contributed by atoms with van der Waals surface area (Å²) >= 11 is 0. The summed E-state index contributed by atoms with van der Waals surface area (Å²) < 4.78 is 0. The van der Waals surface area contributed by atoms with Gasteiger partial charge >= 0.3 is 0 Å². The molecule has 1 unspecified atom stereocenters. The van der Waals surface area contributed by atoms with E-state index in [1.165, 1.54) is 0 Å². The minimum Gasteiger partial charge on any atom is -0.342 e. The lowest BCUT2D eigenvalue weighted by Gasteiger charge is -2.10. The van der Waals surface area contributed by atoms with Gasteiger partial charge in [0, 0.05) is 12.1 Å². The number of hydrogen-bond acceptors (Lipinski definition) is 3. The van der Waals surface area contributed by atoms with Crippen LogP contribution in [0.3, 0.4) is 0 Å². The van der Waals surface area contributed by atoms with E-state index in [-0.39, 0.29) is 11.9 Å². The number of rotatable bonds is 5. The predicted octanol–water partition coefficient (Wildman–Crippen LogP) is 2.60. The number of aromatic nitrogens is 2. The molecule has 2 heterocycles. The fourth-order valence-corrected chi connectivity index (χ4v) is 2.74. The molecule has 3 rings (SSSR count). The van der Waals surface area contributed by atoms with Crippen LogP contribution in [0.4, 0.5) is 5.69 Å². The highest BCUT2D eigenvalue weighted by Crippen LogP contribution is 2.19. The lowest BCUT2D eigenvalue weighted by Crippen LogP contribution is -2.35. The SMILES string of the molecule is CCCCc1nc2ccc(NC(=O)C3CCCN3)cc2[nH]1. The van der Waals surface area contributed by atoms with E-state index >= 15 is 0 Å². The molecule has 0 bridgehead atoms. The standard InChI is InChI=1S/C16H22N4O/c1-2-3-6-15-19-12-8-7-11(10-14(12)20-15)18-16(21)13-5-4-9-17-13/h7-8,10,13,17H,2-6,9H2,1H3,(H,18,21)(H,19,20). The molecule has 5 nitrogen and oxygen atoms in total. The highest BCUT2D eigenvalue weighted by Gasteiger charge is 2.21. The Hall–Kier alpha value is -1.88. The largest absolute Gasteiger partial charge is 0.342 e. The molecule has 0 spiro atoms. The van der Waals surface area contributed by atoms with Crippen molar-refractivity contribution in [2.45, 2.75) is 45.1 Å².